The molecule has 0 aliphatic carbocycles. The second kappa shape index (κ2) is 7.77. The zero-order valence-corrected chi connectivity index (χ0v) is 15.4. The number of amides is 1. The number of carbonyl (C=O) groups is 1. The molecule has 1 aromatic carbocycles. The number of ether oxygens (including phenoxy) is 2. The molecule has 1 N–H and O–H groups in total. The molecule has 0 saturated carbocycles. The highest BCUT2D eigenvalue weighted by atomic mass is 16.5. The Bertz CT molecular complexity index is 1040. The molecule has 3 aromatic rings. The number of nitrogens with one attached hydrogen (secondary N) is 1. The van der Waals surface area contributed by atoms with E-state index in [0.717, 1.165) is 19.4 Å². The van der Waals surface area contributed by atoms with Crippen molar-refractivity contribution in [2.75, 3.05) is 20.3 Å². The van der Waals surface area contributed by atoms with Gasteiger partial charge in [0, 0.05) is 13.2 Å². The van der Waals surface area contributed by atoms with Gasteiger partial charge in [0.25, 0.3) is 5.56 Å². The third kappa shape index (κ3) is 3.58. The van der Waals surface area contributed by atoms with E-state index in [1.54, 1.807) is 31.4 Å². The summed E-state index contributed by atoms with van der Waals surface area (Å²) in [7, 11) is 1.58. The molecule has 28 heavy (non-hydrogen) atoms. The monoisotopic (exact) mass is 384 g/mol. The van der Waals surface area contributed by atoms with Gasteiger partial charge in [0.15, 0.2) is 11.2 Å². The average molecular weight is 384 g/mol. The Kier molecular flexibility index (Phi) is 5.02. The molecular formula is C18H20N6O4. The van der Waals surface area contributed by atoms with E-state index in [0.29, 0.717) is 23.6 Å². The van der Waals surface area contributed by atoms with E-state index in [2.05, 4.69) is 20.6 Å². The van der Waals surface area contributed by atoms with Crippen LogP contribution in [0.3, 0.4) is 0 Å². The summed E-state index contributed by atoms with van der Waals surface area (Å²) < 4.78 is 13.3. The minimum Gasteiger partial charge on any atom is -0.497 e. The summed E-state index contributed by atoms with van der Waals surface area (Å²) in [6.07, 6.45) is 3.32. The Labute approximate surface area is 160 Å². The minimum absolute atomic E-state index is 0.0469. The van der Waals surface area contributed by atoms with Crippen molar-refractivity contribution in [3.05, 3.63) is 40.9 Å². The minimum atomic E-state index is -0.419. The molecule has 1 atom stereocenters. The molecule has 0 spiro atoms. The highest BCUT2D eigenvalue weighted by molar-refractivity contribution is 5.76. The molecule has 0 bridgehead atoms. The van der Waals surface area contributed by atoms with Crippen molar-refractivity contribution in [2.45, 2.75) is 25.5 Å². The topological polar surface area (TPSA) is 113 Å². The first-order valence-corrected chi connectivity index (χ1v) is 8.99. The van der Waals surface area contributed by atoms with Gasteiger partial charge in [-0.2, -0.15) is 4.68 Å². The summed E-state index contributed by atoms with van der Waals surface area (Å²) in [5, 5.41) is 10.8. The van der Waals surface area contributed by atoms with Crippen LogP contribution in [-0.4, -0.2) is 56.8 Å². The van der Waals surface area contributed by atoms with Gasteiger partial charge < -0.3 is 14.8 Å². The van der Waals surface area contributed by atoms with Crippen LogP contribution in [-0.2, 0) is 16.1 Å². The molecule has 1 saturated heterocycles. The van der Waals surface area contributed by atoms with Gasteiger partial charge in [-0.1, -0.05) is 5.21 Å². The van der Waals surface area contributed by atoms with Gasteiger partial charge in [-0.25, -0.2) is 4.98 Å². The van der Waals surface area contributed by atoms with Crippen molar-refractivity contribution in [1.82, 2.24) is 29.9 Å². The fraction of sp³-hybridized carbons (Fsp3) is 0.389. The highest BCUT2D eigenvalue weighted by Gasteiger charge is 2.18. The third-order valence-corrected chi connectivity index (χ3v) is 4.61. The number of hydrogen-bond donors (Lipinski definition) is 1. The Morgan fingerprint density at radius 2 is 2.18 bits per heavy atom. The van der Waals surface area contributed by atoms with E-state index in [-0.39, 0.29) is 24.1 Å². The van der Waals surface area contributed by atoms with Crippen molar-refractivity contribution in [2.24, 2.45) is 0 Å². The Morgan fingerprint density at radius 3 is 2.89 bits per heavy atom. The largest absolute Gasteiger partial charge is 0.497 e. The van der Waals surface area contributed by atoms with Crippen molar-refractivity contribution >= 4 is 17.1 Å². The fourth-order valence-corrected chi connectivity index (χ4v) is 3.10. The van der Waals surface area contributed by atoms with Crippen LogP contribution in [0.4, 0.5) is 0 Å². The lowest BCUT2D eigenvalue weighted by atomic mass is 10.2. The Balaban J connectivity index is 1.52. The number of hydrogen-bond acceptors (Lipinski definition) is 7. The zero-order valence-electron chi connectivity index (χ0n) is 15.4. The quantitative estimate of drug-likeness (QED) is 0.649. The number of fused-ring (bicyclic) bond motifs is 1. The maximum atomic E-state index is 12.7. The van der Waals surface area contributed by atoms with Gasteiger partial charge in [-0.05, 0) is 37.1 Å². The number of methoxy groups -OCH3 is 1. The lowest BCUT2D eigenvalue weighted by Gasteiger charge is -2.11. The van der Waals surface area contributed by atoms with Gasteiger partial charge in [-0.3, -0.25) is 14.2 Å². The van der Waals surface area contributed by atoms with E-state index in [1.165, 1.54) is 15.6 Å². The number of nitrogens with zero attached hydrogens (tertiary/aromatic N) is 5. The van der Waals surface area contributed by atoms with Crippen molar-refractivity contribution in [3.63, 3.8) is 0 Å². The number of benzene rings is 1. The Hall–Kier alpha value is -3.27. The lowest BCUT2D eigenvalue weighted by Crippen LogP contribution is -2.36. The molecule has 1 aliphatic rings. The number of rotatable bonds is 6. The van der Waals surface area contributed by atoms with Crippen LogP contribution >= 0.6 is 0 Å². The molecule has 1 aliphatic heterocycles. The van der Waals surface area contributed by atoms with Gasteiger partial charge >= 0.3 is 0 Å². The normalized spacial score (nSPS) is 16.4. The lowest BCUT2D eigenvalue weighted by molar-refractivity contribution is -0.122. The molecule has 4 rings (SSSR count). The van der Waals surface area contributed by atoms with Crippen LogP contribution in [0.2, 0.25) is 0 Å². The summed E-state index contributed by atoms with van der Waals surface area (Å²) in [5.74, 6) is 0.429. The summed E-state index contributed by atoms with van der Waals surface area (Å²) in [6, 6.07) is 7.14. The molecule has 10 nitrogen and oxygen atoms in total. The fourth-order valence-electron chi connectivity index (χ4n) is 3.10. The molecule has 2 aromatic heterocycles. The van der Waals surface area contributed by atoms with Crippen molar-refractivity contribution in [1.29, 1.82) is 0 Å². The number of aromatic nitrogens is 5. The standard InChI is InChI=1S/C18H20N6O4/c1-27-13-6-4-12(5-7-13)24-17-16(21-22-24)18(26)23(11-20-17)10-15(25)19-9-14-3-2-8-28-14/h4-7,11,14H,2-3,8-10H2,1H3,(H,19,25)/t14-/m0/s1. The smallest absolute Gasteiger partial charge is 0.284 e. The van der Waals surface area contributed by atoms with E-state index in [1.807, 2.05) is 0 Å². The van der Waals surface area contributed by atoms with Crippen LogP contribution in [0.5, 0.6) is 5.75 Å². The second-order valence-electron chi connectivity index (χ2n) is 6.49. The van der Waals surface area contributed by atoms with Gasteiger partial charge in [0.2, 0.25) is 5.91 Å². The molecule has 1 amide bonds. The van der Waals surface area contributed by atoms with E-state index < -0.39 is 5.56 Å². The average Bonchev–Trinajstić information content (AvgIpc) is 3.39. The highest BCUT2D eigenvalue weighted by Crippen LogP contribution is 2.16. The summed E-state index contributed by atoms with van der Waals surface area (Å²) in [5.41, 5.74) is 0.704. The van der Waals surface area contributed by atoms with Gasteiger partial charge in [0.1, 0.15) is 18.6 Å². The molecule has 10 heteroatoms. The maximum Gasteiger partial charge on any atom is 0.284 e. The second-order valence-corrected chi connectivity index (χ2v) is 6.49. The summed E-state index contributed by atoms with van der Waals surface area (Å²) in [4.78, 5) is 29.1. The summed E-state index contributed by atoms with van der Waals surface area (Å²) >= 11 is 0. The molecule has 0 unspecified atom stereocenters. The molecule has 3 heterocycles. The Morgan fingerprint density at radius 1 is 1.36 bits per heavy atom. The molecule has 0 radical (unpaired) electrons. The molecular weight excluding hydrogens is 364 g/mol. The number of carbonyl (C=O) groups excluding carboxylic acids is 1. The van der Waals surface area contributed by atoms with Gasteiger partial charge in [-0.15, -0.1) is 5.10 Å². The first kappa shape index (κ1) is 18.1. The third-order valence-electron chi connectivity index (χ3n) is 4.61. The van der Waals surface area contributed by atoms with Crippen LogP contribution in [0.1, 0.15) is 12.8 Å². The van der Waals surface area contributed by atoms with Gasteiger partial charge in [0.05, 0.1) is 18.9 Å². The first-order chi connectivity index (χ1) is 13.7. The van der Waals surface area contributed by atoms with Crippen molar-refractivity contribution < 1.29 is 14.3 Å². The molecule has 1 fully saturated rings. The van der Waals surface area contributed by atoms with E-state index >= 15 is 0 Å². The van der Waals surface area contributed by atoms with Crippen LogP contribution in [0.25, 0.3) is 16.9 Å². The van der Waals surface area contributed by atoms with Crippen LogP contribution in [0.15, 0.2) is 35.4 Å². The summed E-state index contributed by atoms with van der Waals surface area (Å²) in [6.45, 7) is 1.03. The predicted octanol–water partition coefficient (Wildman–Crippen LogP) is 0.281. The predicted molar refractivity (Wildman–Crippen MR) is 99.5 cm³/mol. The first-order valence-electron chi connectivity index (χ1n) is 8.99. The van der Waals surface area contributed by atoms with E-state index in [4.69, 9.17) is 9.47 Å². The van der Waals surface area contributed by atoms with Crippen LogP contribution < -0.4 is 15.6 Å². The maximum absolute atomic E-state index is 12.7. The molecule has 146 valence electrons. The van der Waals surface area contributed by atoms with Crippen molar-refractivity contribution in [3.8, 4) is 11.4 Å². The van der Waals surface area contributed by atoms with Crippen LogP contribution in [0, 0.1) is 0 Å². The van der Waals surface area contributed by atoms with E-state index in [9.17, 15) is 9.59 Å². The zero-order chi connectivity index (χ0) is 19.5. The SMILES string of the molecule is COc1ccc(-n2nnc3c(=O)n(CC(=O)NC[C@@H]4CCCO4)cnc32)cc1.